The SMILES string of the molecule is Cc1nc(C(=O)NCc2ccc3c(c2)OCO3)cc(N2CCOCC2)n1. The molecule has 1 aromatic heterocycles. The van der Waals surface area contributed by atoms with Crippen molar-refractivity contribution in [2.24, 2.45) is 0 Å². The van der Waals surface area contributed by atoms with Crippen LogP contribution in [0.15, 0.2) is 24.3 Å². The molecule has 2 aromatic rings. The molecule has 1 saturated heterocycles. The quantitative estimate of drug-likeness (QED) is 0.883. The average molecular weight is 356 g/mol. The Kier molecular flexibility index (Phi) is 4.57. The van der Waals surface area contributed by atoms with Gasteiger partial charge in [0.1, 0.15) is 17.3 Å². The van der Waals surface area contributed by atoms with E-state index in [0.717, 1.165) is 30.2 Å². The Morgan fingerprint density at radius 3 is 2.81 bits per heavy atom. The summed E-state index contributed by atoms with van der Waals surface area (Å²) in [5, 5.41) is 2.89. The largest absolute Gasteiger partial charge is 0.454 e. The molecule has 3 heterocycles. The lowest BCUT2D eigenvalue weighted by molar-refractivity contribution is 0.0945. The minimum absolute atomic E-state index is 0.232. The van der Waals surface area contributed by atoms with Crippen LogP contribution in [0.25, 0.3) is 0 Å². The van der Waals surface area contributed by atoms with Crippen LogP contribution in [-0.2, 0) is 11.3 Å². The summed E-state index contributed by atoms with van der Waals surface area (Å²) >= 11 is 0. The van der Waals surface area contributed by atoms with E-state index >= 15 is 0 Å². The van der Waals surface area contributed by atoms with Gasteiger partial charge >= 0.3 is 0 Å². The highest BCUT2D eigenvalue weighted by Gasteiger charge is 2.17. The molecule has 1 N–H and O–H groups in total. The number of benzene rings is 1. The van der Waals surface area contributed by atoms with Crippen LogP contribution >= 0.6 is 0 Å². The summed E-state index contributed by atoms with van der Waals surface area (Å²) < 4.78 is 16.0. The maximum Gasteiger partial charge on any atom is 0.270 e. The van der Waals surface area contributed by atoms with Crippen molar-refractivity contribution in [2.75, 3.05) is 38.0 Å². The minimum Gasteiger partial charge on any atom is -0.454 e. The first-order valence-corrected chi connectivity index (χ1v) is 8.54. The van der Waals surface area contributed by atoms with E-state index in [1.165, 1.54) is 0 Å². The maximum absolute atomic E-state index is 12.5. The van der Waals surface area contributed by atoms with Crippen LogP contribution in [0.5, 0.6) is 11.5 Å². The Morgan fingerprint density at radius 1 is 1.15 bits per heavy atom. The number of nitrogens with zero attached hydrogens (tertiary/aromatic N) is 3. The minimum atomic E-state index is -0.234. The lowest BCUT2D eigenvalue weighted by atomic mass is 10.2. The first-order chi connectivity index (χ1) is 12.7. The van der Waals surface area contributed by atoms with Crippen molar-refractivity contribution < 1.29 is 19.0 Å². The second-order valence-corrected chi connectivity index (χ2v) is 6.13. The number of carbonyl (C=O) groups excluding carboxylic acids is 1. The first-order valence-electron chi connectivity index (χ1n) is 8.54. The number of aromatic nitrogens is 2. The first kappa shape index (κ1) is 16.6. The van der Waals surface area contributed by atoms with Crippen molar-refractivity contribution >= 4 is 11.7 Å². The molecule has 0 spiro atoms. The fraction of sp³-hybridized carbons (Fsp3) is 0.389. The lowest BCUT2D eigenvalue weighted by Gasteiger charge is -2.28. The number of hydrogen-bond acceptors (Lipinski definition) is 7. The zero-order valence-electron chi connectivity index (χ0n) is 14.5. The number of fused-ring (bicyclic) bond motifs is 1. The van der Waals surface area contributed by atoms with Gasteiger partial charge in [-0.2, -0.15) is 0 Å². The molecule has 0 bridgehead atoms. The Balaban J connectivity index is 1.45. The number of morpholine rings is 1. The monoisotopic (exact) mass is 356 g/mol. The van der Waals surface area contributed by atoms with Crippen LogP contribution in [0.3, 0.4) is 0 Å². The molecule has 4 rings (SSSR count). The number of amides is 1. The fourth-order valence-corrected chi connectivity index (χ4v) is 2.95. The summed E-state index contributed by atoms with van der Waals surface area (Å²) in [6, 6.07) is 7.34. The summed E-state index contributed by atoms with van der Waals surface area (Å²) in [5.41, 5.74) is 1.29. The summed E-state index contributed by atoms with van der Waals surface area (Å²) in [4.78, 5) is 23.4. The molecule has 2 aliphatic rings. The molecular formula is C18H20N4O4. The van der Waals surface area contributed by atoms with Gasteiger partial charge in [0.25, 0.3) is 5.91 Å². The molecular weight excluding hydrogens is 336 g/mol. The van der Waals surface area contributed by atoms with E-state index in [0.29, 0.717) is 37.0 Å². The van der Waals surface area contributed by atoms with Crippen molar-refractivity contribution in [3.05, 3.63) is 41.3 Å². The predicted octanol–water partition coefficient (Wildman–Crippen LogP) is 1.28. The molecule has 0 unspecified atom stereocenters. The van der Waals surface area contributed by atoms with Gasteiger partial charge in [-0.15, -0.1) is 0 Å². The van der Waals surface area contributed by atoms with E-state index in [-0.39, 0.29) is 12.7 Å². The van der Waals surface area contributed by atoms with Gasteiger partial charge < -0.3 is 24.4 Å². The Bertz CT molecular complexity index is 821. The van der Waals surface area contributed by atoms with E-state index < -0.39 is 0 Å². The van der Waals surface area contributed by atoms with Gasteiger partial charge in [0.15, 0.2) is 11.5 Å². The number of ether oxygens (including phenoxy) is 3. The Hall–Kier alpha value is -2.87. The topological polar surface area (TPSA) is 85.8 Å². The Morgan fingerprint density at radius 2 is 1.96 bits per heavy atom. The second-order valence-electron chi connectivity index (χ2n) is 6.13. The van der Waals surface area contributed by atoms with E-state index in [4.69, 9.17) is 14.2 Å². The van der Waals surface area contributed by atoms with Gasteiger partial charge in [-0.1, -0.05) is 6.07 Å². The zero-order chi connectivity index (χ0) is 17.9. The number of aryl methyl sites for hydroxylation is 1. The van der Waals surface area contributed by atoms with Gasteiger partial charge in [-0.3, -0.25) is 4.79 Å². The summed E-state index contributed by atoms with van der Waals surface area (Å²) in [7, 11) is 0. The van der Waals surface area contributed by atoms with Crippen LogP contribution in [-0.4, -0.2) is 49.0 Å². The molecule has 0 radical (unpaired) electrons. The van der Waals surface area contributed by atoms with Crippen LogP contribution < -0.4 is 19.7 Å². The predicted molar refractivity (Wildman–Crippen MR) is 93.5 cm³/mol. The van der Waals surface area contributed by atoms with E-state index in [9.17, 15) is 4.79 Å². The third-order valence-electron chi connectivity index (χ3n) is 4.28. The van der Waals surface area contributed by atoms with Crippen molar-refractivity contribution in [3.8, 4) is 11.5 Å². The van der Waals surface area contributed by atoms with Crippen molar-refractivity contribution in [1.82, 2.24) is 15.3 Å². The molecule has 1 aromatic carbocycles. The highest BCUT2D eigenvalue weighted by molar-refractivity contribution is 5.92. The van der Waals surface area contributed by atoms with Crippen LogP contribution in [0, 0.1) is 6.92 Å². The third kappa shape index (κ3) is 3.55. The van der Waals surface area contributed by atoms with Crippen LogP contribution in [0.2, 0.25) is 0 Å². The number of carbonyl (C=O) groups is 1. The second kappa shape index (κ2) is 7.17. The fourth-order valence-electron chi connectivity index (χ4n) is 2.95. The molecule has 8 heteroatoms. The third-order valence-corrected chi connectivity index (χ3v) is 4.28. The summed E-state index contributed by atoms with van der Waals surface area (Å²) in [6.07, 6.45) is 0. The Labute approximate surface area is 151 Å². The molecule has 26 heavy (non-hydrogen) atoms. The van der Waals surface area contributed by atoms with E-state index in [2.05, 4.69) is 20.2 Å². The van der Waals surface area contributed by atoms with Crippen molar-refractivity contribution in [1.29, 1.82) is 0 Å². The molecule has 2 aliphatic heterocycles. The smallest absolute Gasteiger partial charge is 0.270 e. The molecule has 0 saturated carbocycles. The number of rotatable bonds is 4. The van der Waals surface area contributed by atoms with E-state index in [1.54, 1.807) is 13.0 Å². The lowest BCUT2D eigenvalue weighted by Crippen LogP contribution is -2.37. The van der Waals surface area contributed by atoms with Crippen molar-refractivity contribution in [2.45, 2.75) is 13.5 Å². The standard InChI is InChI=1S/C18H20N4O4/c1-12-20-14(9-17(21-12)22-4-6-24-7-5-22)18(23)19-10-13-2-3-15-16(8-13)26-11-25-15/h2-3,8-9H,4-7,10-11H2,1H3,(H,19,23). The van der Waals surface area contributed by atoms with Gasteiger partial charge in [-0.05, 0) is 24.6 Å². The van der Waals surface area contributed by atoms with E-state index in [1.807, 2.05) is 18.2 Å². The van der Waals surface area contributed by atoms with Crippen LogP contribution in [0.4, 0.5) is 5.82 Å². The van der Waals surface area contributed by atoms with Gasteiger partial charge in [0.05, 0.1) is 13.2 Å². The maximum atomic E-state index is 12.5. The number of anilines is 1. The highest BCUT2D eigenvalue weighted by atomic mass is 16.7. The van der Waals surface area contributed by atoms with Gasteiger partial charge in [0.2, 0.25) is 6.79 Å². The zero-order valence-corrected chi connectivity index (χ0v) is 14.5. The number of hydrogen-bond donors (Lipinski definition) is 1. The molecule has 136 valence electrons. The van der Waals surface area contributed by atoms with Crippen molar-refractivity contribution in [3.63, 3.8) is 0 Å². The van der Waals surface area contributed by atoms with Gasteiger partial charge in [0, 0.05) is 25.7 Å². The molecule has 0 aliphatic carbocycles. The molecule has 1 fully saturated rings. The van der Waals surface area contributed by atoms with Crippen LogP contribution in [0.1, 0.15) is 21.9 Å². The highest BCUT2D eigenvalue weighted by Crippen LogP contribution is 2.32. The van der Waals surface area contributed by atoms with Gasteiger partial charge in [-0.25, -0.2) is 9.97 Å². The number of nitrogens with one attached hydrogen (secondary N) is 1. The normalized spacial score (nSPS) is 15.8. The average Bonchev–Trinajstić information content (AvgIpc) is 3.14. The molecule has 0 atom stereocenters. The molecule has 1 amide bonds. The summed E-state index contributed by atoms with van der Waals surface area (Å²) in [5.74, 6) is 2.52. The summed E-state index contributed by atoms with van der Waals surface area (Å²) in [6.45, 7) is 5.24. The molecule has 8 nitrogen and oxygen atoms in total.